The minimum atomic E-state index is -0.00980. The number of hydrogen-bond acceptors (Lipinski definition) is 2. The van der Waals surface area contributed by atoms with Gasteiger partial charge in [-0.15, -0.1) is 0 Å². The van der Waals surface area contributed by atoms with Gasteiger partial charge in [0.1, 0.15) is 0 Å². The van der Waals surface area contributed by atoms with Crippen molar-refractivity contribution in [2.75, 3.05) is 13.2 Å². The zero-order chi connectivity index (χ0) is 15.1. The van der Waals surface area contributed by atoms with Crippen LogP contribution in [-0.4, -0.2) is 30.1 Å². The Hall–Kier alpha value is -1.29. The second kappa shape index (κ2) is 8.23. The van der Waals surface area contributed by atoms with Crippen LogP contribution in [0, 0.1) is 0 Å². The van der Waals surface area contributed by atoms with Gasteiger partial charge in [-0.3, -0.25) is 4.79 Å². The second-order valence-corrected chi connectivity index (χ2v) is 6.20. The lowest BCUT2D eigenvalue weighted by Crippen LogP contribution is -2.29. The fraction of sp³-hybridized carbons (Fsp3) is 0.706. The highest BCUT2D eigenvalue weighted by atomic mass is 16.5. The molecule has 1 aliphatic rings. The van der Waals surface area contributed by atoms with Gasteiger partial charge in [-0.2, -0.15) is 0 Å². The van der Waals surface area contributed by atoms with Crippen molar-refractivity contribution in [3.05, 3.63) is 23.5 Å². The quantitative estimate of drug-likeness (QED) is 0.621. The molecular weight excluding hydrogens is 264 g/mol. The van der Waals surface area contributed by atoms with Crippen molar-refractivity contribution < 1.29 is 9.53 Å². The molecule has 0 aliphatic heterocycles. The Morgan fingerprint density at radius 2 is 2.05 bits per heavy atom. The predicted molar refractivity (Wildman–Crippen MR) is 84.7 cm³/mol. The van der Waals surface area contributed by atoms with Gasteiger partial charge in [-0.25, -0.2) is 0 Å². The Balaban J connectivity index is 1.70. The molecule has 0 aromatic carbocycles. The van der Waals surface area contributed by atoms with E-state index in [2.05, 4.69) is 24.1 Å². The highest BCUT2D eigenvalue weighted by molar-refractivity contribution is 5.95. The van der Waals surface area contributed by atoms with E-state index in [9.17, 15) is 4.79 Å². The van der Waals surface area contributed by atoms with E-state index in [1.54, 1.807) is 0 Å². The number of nitrogens with one attached hydrogen (secondary N) is 2. The summed E-state index contributed by atoms with van der Waals surface area (Å²) < 4.78 is 5.89. The van der Waals surface area contributed by atoms with E-state index in [1.165, 1.54) is 38.5 Å². The topological polar surface area (TPSA) is 54.1 Å². The summed E-state index contributed by atoms with van der Waals surface area (Å²) >= 11 is 0. The number of carbonyl (C=O) groups is 1. The van der Waals surface area contributed by atoms with Crippen molar-refractivity contribution in [1.29, 1.82) is 0 Å². The van der Waals surface area contributed by atoms with E-state index in [0.29, 0.717) is 25.2 Å². The number of H-pyrrole nitrogens is 1. The van der Waals surface area contributed by atoms with Crippen LogP contribution >= 0.6 is 0 Å². The van der Waals surface area contributed by atoms with Crippen LogP contribution in [0.25, 0.3) is 0 Å². The fourth-order valence-electron chi connectivity index (χ4n) is 2.95. The predicted octanol–water partition coefficient (Wildman–Crippen LogP) is 3.61. The molecule has 0 atom stereocenters. The largest absolute Gasteiger partial charge is 0.376 e. The highest BCUT2D eigenvalue weighted by Gasteiger charge is 2.15. The first-order valence-electron chi connectivity index (χ1n) is 8.25. The van der Waals surface area contributed by atoms with Gasteiger partial charge >= 0.3 is 0 Å². The SMILES string of the molecule is CC(C)c1[nH]ccc1C(=O)NCCOC1CCCCCC1. The molecule has 118 valence electrons. The van der Waals surface area contributed by atoms with Gasteiger partial charge in [0.2, 0.25) is 0 Å². The molecule has 4 heteroatoms. The third-order valence-electron chi connectivity index (χ3n) is 4.14. The maximum absolute atomic E-state index is 12.2. The van der Waals surface area contributed by atoms with Crippen LogP contribution in [0.4, 0.5) is 0 Å². The lowest BCUT2D eigenvalue weighted by Gasteiger charge is -2.15. The molecule has 0 saturated heterocycles. The summed E-state index contributed by atoms with van der Waals surface area (Å²) in [5.41, 5.74) is 1.75. The lowest BCUT2D eigenvalue weighted by molar-refractivity contribution is 0.0441. The van der Waals surface area contributed by atoms with Crippen LogP contribution in [0.3, 0.4) is 0 Å². The zero-order valence-electron chi connectivity index (χ0n) is 13.3. The molecule has 1 aliphatic carbocycles. The fourth-order valence-corrected chi connectivity index (χ4v) is 2.95. The first-order valence-corrected chi connectivity index (χ1v) is 8.25. The molecule has 1 fully saturated rings. The standard InChI is InChI=1S/C17H28N2O2/c1-13(2)16-15(9-10-18-16)17(20)19-11-12-21-14-7-5-3-4-6-8-14/h9-10,13-14,18H,3-8,11-12H2,1-2H3,(H,19,20). The van der Waals surface area contributed by atoms with Crippen LogP contribution < -0.4 is 5.32 Å². The summed E-state index contributed by atoms with van der Waals surface area (Å²) in [6, 6.07) is 1.84. The molecule has 1 saturated carbocycles. The Labute approximate surface area is 127 Å². The van der Waals surface area contributed by atoms with Gasteiger partial charge in [0.25, 0.3) is 5.91 Å². The molecule has 1 aromatic heterocycles. The Bertz CT molecular complexity index is 432. The van der Waals surface area contributed by atoms with E-state index in [1.807, 2.05) is 12.3 Å². The van der Waals surface area contributed by atoms with Gasteiger partial charge < -0.3 is 15.0 Å². The van der Waals surface area contributed by atoms with Crippen LogP contribution in [0.5, 0.6) is 0 Å². The Morgan fingerprint density at radius 3 is 2.71 bits per heavy atom. The summed E-state index contributed by atoms with van der Waals surface area (Å²) in [4.78, 5) is 15.3. The molecule has 2 N–H and O–H groups in total. The first kappa shape index (κ1) is 16.1. The van der Waals surface area contributed by atoms with Crippen molar-refractivity contribution in [2.45, 2.75) is 64.4 Å². The van der Waals surface area contributed by atoms with Crippen molar-refractivity contribution >= 4 is 5.91 Å². The summed E-state index contributed by atoms with van der Waals surface area (Å²) in [5, 5.41) is 2.95. The zero-order valence-corrected chi connectivity index (χ0v) is 13.3. The number of carbonyl (C=O) groups excluding carboxylic acids is 1. The molecule has 1 heterocycles. The van der Waals surface area contributed by atoms with Crippen LogP contribution in [0.2, 0.25) is 0 Å². The molecular formula is C17H28N2O2. The van der Waals surface area contributed by atoms with Gasteiger partial charge in [0, 0.05) is 18.4 Å². The third-order valence-corrected chi connectivity index (χ3v) is 4.14. The monoisotopic (exact) mass is 292 g/mol. The summed E-state index contributed by atoms with van der Waals surface area (Å²) in [7, 11) is 0. The molecule has 0 radical (unpaired) electrons. The number of amides is 1. The van der Waals surface area contributed by atoms with E-state index < -0.39 is 0 Å². The average Bonchev–Trinajstić information content (AvgIpc) is 2.82. The first-order chi connectivity index (χ1) is 10.2. The maximum Gasteiger partial charge on any atom is 0.253 e. The number of rotatable bonds is 6. The number of aromatic amines is 1. The van der Waals surface area contributed by atoms with Crippen molar-refractivity contribution in [3.8, 4) is 0 Å². The van der Waals surface area contributed by atoms with E-state index in [4.69, 9.17) is 4.74 Å². The minimum Gasteiger partial charge on any atom is -0.376 e. The van der Waals surface area contributed by atoms with Crippen molar-refractivity contribution in [3.63, 3.8) is 0 Å². The van der Waals surface area contributed by atoms with Crippen LogP contribution in [-0.2, 0) is 4.74 Å². The van der Waals surface area contributed by atoms with Crippen LogP contribution in [0.15, 0.2) is 12.3 Å². The smallest absolute Gasteiger partial charge is 0.253 e. The summed E-state index contributed by atoms with van der Waals surface area (Å²) in [6.45, 7) is 5.35. The van der Waals surface area contributed by atoms with Gasteiger partial charge in [0.15, 0.2) is 0 Å². The summed E-state index contributed by atoms with van der Waals surface area (Å²) in [6.07, 6.45) is 9.78. The second-order valence-electron chi connectivity index (χ2n) is 6.20. The highest BCUT2D eigenvalue weighted by Crippen LogP contribution is 2.19. The number of aromatic nitrogens is 1. The molecule has 4 nitrogen and oxygen atoms in total. The normalized spacial score (nSPS) is 16.9. The van der Waals surface area contributed by atoms with Gasteiger partial charge in [-0.05, 0) is 24.8 Å². The Morgan fingerprint density at radius 1 is 1.33 bits per heavy atom. The van der Waals surface area contributed by atoms with E-state index in [0.717, 1.165) is 11.3 Å². The molecule has 0 unspecified atom stereocenters. The summed E-state index contributed by atoms with van der Waals surface area (Å²) in [5.74, 6) is 0.312. The van der Waals surface area contributed by atoms with Crippen LogP contribution in [0.1, 0.15) is 74.3 Å². The Kier molecular flexibility index (Phi) is 6.30. The molecule has 1 aromatic rings. The number of ether oxygens (including phenoxy) is 1. The van der Waals surface area contributed by atoms with Crippen molar-refractivity contribution in [1.82, 2.24) is 10.3 Å². The molecule has 1 amide bonds. The van der Waals surface area contributed by atoms with Crippen molar-refractivity contribution in [2.24, 2.45) is 0 Å². The molecule has 21 heavy (non-hydrogen) atoms. The molecule has 0 bridgehead atoms. The van der Waals surface area contributed by atoms with E-state index in [-0.39, 0.29) is 5.91 Å². The number of hydrogen-bond donors (Lipinski definition) is 2. The maximum atomic E-state index is 12.2. The molecule has 0 spiro atoms. The van der Waals surface area contributed by atoms with Gasteiger partial charge in [-0.1, -0.05) is 39.5 Å². The molecule has 2 rings (SSSR count). The minimum absolute atomic E-state index is 0.00980. The average molecular weight is 292 g/mol. The lowest BCUT2D eigenvalue weighted by atomic mass is 10.1. The van der Waals surface area contributed by atoms with E-state index >= 15 is 0 Å². The van der Waals surface area contributed by atoms with Gasteiger partial charge in [0.05, 0.1) is 18.3 Å². The third kappa shape index (κ3) is 4.88.